The van der Waals surface area contributed by atoms with Gasteiger partial charge >= 0.3 is 5.63 Å². The van der Waals surface area contributed by atoms with Gasteiger partial charge in [-0.05, 0) is 36.8 Å². The van der Waals surface area contributed by atoms with Gasteiger partial charge in [0.2, 0.25) is 5.91 Å². The lowest BCUT2D eigenvalue weighted by molar-refractivity contribution is -0.111. The molecule has 0 aliphatic heterocycles. The Bertz CT molecular complexity index is 1590. The number of halogens is 3. The summed E-state index contributed by atoms with van der Waals surface area (Å²) in [5, 5.41) is 6.31. The average molecular weight is 544 g/mol. The lowest BCUT2D eigenvalue weighted by Gasteiger charge is -2.16. The minimum atomic E-state index is -0.708. The molecule has 2 heterocycles. The first-order chi connectivity index (χ1) is 17.7. The number of carbonyl (C=O) groups is 1. The van der Waals surface area contributed by atoms with Gasteiger partial charge in [-0.25, -0.2) is 14.2 Å². The summed E-state index contributed by atoms with van der Waals surface area (Å²) in [4.78, 5) is 29.2. The van der Waals surface area contributed by atoms with E-state index in [-0.39, 0.29) is 49.8 Å². The number of aryl methyl sites for hydroxylation is 1. The molecule has 0 aliphatic rings. The summed E-state index contributed by atoms with van der Waals surface area (Å²) in [5.41, 5.74) is 0.898. The van der Waals surface area contributed by atoms with Crippen LogP contribution in [0.1, 0.15) is 5.56 Å². The van der Waals surface area contributed by atoms with Crippen LogP contribution in [-0.2, 0) is 4.79 Å². The Morgan fingerprint density at radius 1 is 1.11 bits per heavy atom. The van der Waals surface area contributed by atoms with Gasteiger partial charge in [0, 0.05) is 29.3 Å². The van der Waals surface area contributed by atoms with Crippen molar-refractivity contribution in [3.8, 4) is 22.6 Å². The van der Waals surface area contributed by atoms with Crippen molar-refractivity contribution in [1.82, 2.24) is 4.98 Å². The highest BCUT2D eigenvalue weighted by molar-refractivity contribution is 6.41. The molecule has 4 rings (SSSR count). The predicted octanol–water partition coefficient (Wildman–Crippen LogP) is 6.49. The molecule has 8 nitrogen and oxygen atoms in total. The Hall–Kier alpha value is -4.08. The van der Waals surface area contributed by atoms with Crippen molar-refractivity contribution in [1.29, 1.82) is 0 Å². The van der Waals surface area contributed by atoms with Crippen molar-refractivity contribution in [2.45, 2.75) is 6.92 Å². The minimum Gasteiger partial charge on any atom is -0.495 e. The minimum absolute atomic E-state index is 0.0889. The van der Waals surface area contributed by atoms with E-state index in [0.29, 0.717) is 16.6 Å². The number of anilines is 3. The van der Waals surface area contributed by atoms with E-state index in [1.165, 1.54) is 44.7 Å². The zero-order valence-electron chi connectivity index (χ0n) is 19.9. The van der Waals surface area contributed by atoms with Gasteiger partial charge in [-0.1, -0.05) is 29.8 Å². The quantitative estimate of drug-likeness (QED) is 0.256. The number of fused-ring (bicyclic) bond motifs is 1. The van der Waals surface area contributed by atoms with Gasteiger partial charge < -0.3 is 24.5 Å². The maximum Gasteiger partial charge on any atom is 0.344 e. The fourth-order valence-corrected chi connectivity index (χ4v) is 4.40. The van der Waals surface area contributed by atoms with E-state index in [0.717, 1.165) is 6.08 Å². The topological polar surface area (TPSA) is 103 Å². The number of nitrogens with zero attached hydrogens (tertiary/aromatic N) is 1. The molecule has 0 unspecified atom stereocenters. The molecule has 37 heavy (non-hydrogen) atoms. The Morgan fingerprint density at radius 3 is 2.41 bits per heavy atom. The zero-order chi connectivity index (χ0) is 26.9. The smallest absolute Gasteiger partial charge is 0.344 e. The van der Waals surface area contributed by atoms with E-state index < -0.39 is 17.3 Å². The van der Waals surface area contributed by atoms with Crippen LogP contribution >= 0.6 is 23.2 Å². The highest BCUT2D eigenvalue weighted by Crippen LogP contribution is 2.45. The number of nitrogens with one attached hydrogen (secondary N) is 2. The normalized spacial score (nSPS) is 10.8. The van der Waals surface area contributed by atoms with E-state index in [1.54, 1.807) is 13.0 Å². The second-order valence-corrected chi connectivity index (χ2v) is 8.56. The van der Waals surface area contributed by atoms with Crippen molar-refractivity contribution in [3.63, 3.8) is 0 Å². The number of ether oxygens (including phenoxy) is 2. The number of hydrogen-bond acceptors (Lipinski definition) is 7. The molecule has 11 heteroatoms. The van der Waals surface area contributed by atoms with E-state index >= 15 is 0 Å². The highest BCUT2D eigenvalue weighted by atomic mass is 35.5. The fraction of sp³-hybridized carbons (Fsp3) is 0.115. The number of aromatic nitrogens is 1. The maximum atomic E-state index is 14.0. The third-order valence-corrected chi connectivity index (χ3v) is 6.21. The van der Waals surface area contributed by atoms with Gasteiger partial charge in [0.1, 0.15) is 28.7 Å². The second-order valence-electron chi connectivity index (χ2n) is 7.80. The van der Waals surface area contributed by atoms with Crippen LogP contribution in [0.2, 0.25) is 10.0 Å². The van der Waals surface area contributed by atoms with Crippen molar-refractivity contribution in [2.75, 3.05) is 24.9 Å². The van der Waals surface area contributed by atoms with Crippen LogP contribution in [-0.4, -0.2) is 25.1 Å². The van der Waals surface area contributed by atoms with Crippen LogP contribution in [0, 0.1) is 12.7 Å². The monoisotopic (exact) mass is 543 g/mol. The first-order valence-electron chi connectivity index (χ1n) is 10.7. The predicted molar refractivity (Wildman–Crippen MR) is 142 cm³/mol. The molecule has 190 valence electrons. The Morgan fingerprint density at radius 2 is 1.78 bits per heavy atom. The van der Waals surface area contributed by atoms with Crippen molar-refractivity contribution >= 4 is 57.3 Å². The van der Waals surface area contributed by atoms with E-state index in [4.69, 9.17) is 37.1 Å². The molecular weight excluding hydrogens is 524 g/mol. The highest BCUT2D eigenvalue weighted by Gasteiger charge is 2.22. The number of rotatable bonds is 7. The standard InChI is InChI=1S/C26H20Cl2FN3O5/c1-5-21(33)31-16-8-14(29)6-12(2)25(16)32-20-10-17-13(11-30-20)7-15(26(34)37-17)22-23(27)18(35-3)9-19(36-4)24(22)28/h5-11H,1H2,2-4H3,(H,30,32)(H,31,33). The van der Waals surface area contributed by atoms with Crippen LogP contribution in [0.5, 0.6) is 11.5 Å². The number of carbonyl (C=O) groups excluding carboxylic acids is 1. The summed E-state index contributed by atoms with van der Waals surface area (Å²) in [6.45, 7) is 5.07. The molecule has 0 fully saturated rings. The third-order valence-electron chi connectivity index (χ3n) is 5.46. The summed E-state index contributed by atoms with van der Waals surface area (Å²) >= 11 is 12.9. The van der Waals surface area contributed by atoms with E-state index in [2.05, 4.69) is 22.2 Å². The Kier molecular flexibility index (Phi) is 7.37. The van der Waals surface area contributed by atoms with Crippen molar-refractivity contribution in [3.05, 3.63) is 81.0 Å². The number of amides is 1. The molecule has 0 spiro atoms. The van der Waals surface area contributed by atoms with Crippen molar-refractivity contribution < 1.29 is 23.1 Å². The zero-order valence-corrected chi connectivity index (χ0v) is 21.4. The van der Waals surface area contributed by atoms with Crippen molar-refractivity contribution in [2.24, 2.45) is 0 Å². The first-order valence-corrected chi connectivity index (χ1v) is 11.5. The lowest BCUT2D eigenvalue weighted by atomic mass is 10.1. The van der Waals surface area contributed by atoms with Gasteiger partial charge in [0.25, 0.3) is 0 Å². The summed E-state index contributed by atoms with van der Waals surface area (Å²) in [6.07, 6.45) is 2.55. The number of benzene rings is 2. The third kappa shape index (κ3) is 5.09. The molecule has 0 bridgehead atoms. The summed E-state index contributed by atoms with van der Waals surface area (Å²) in [5.74, 6) is -0.219. The largest absolute Gasteiger partial charge is 0.495 e. The van der Waals surface area contributed by atoms with Gasteiger partial charge in [-0.2, -0.15) is 0 Å². The van der Waals surface area contributed by atoms with Crippen LogP contribution in [0.25, 0.3) is 22.1 Å². The number of hydrogen-bond donors (Lipinski definition) is 2. The summed E-state index contributed by atoms with van der Waals surface area (Å²) < 4.78 is 30.1. The SMILES string of the molecule is C=CC(=O)Nc1cc(F)cc(C)c1Nc1cc2oc(=O)c(-c3c(Cl)c(OC)cc(OC)c3Cl)cc2cn1. The van der Waals surface area contributed by atoms with E-state index in [1.807, 2.05) is 0 Å². The molecule has 0 aliphatic carbocycles. The molecule has 2 N–H and O–H groups in total. The lowest BCUT2D eigenvalue weighted by Crippen LogP contribution is -2.11. The summed E-state index contributed by atoms with van der Waals surface area (Å²) in [7, 11) is 2.85. The second kappa shape index (κ2) is 10.5. The molecule has 0 saturated heterocycles. The Balaban J connectivity index is 1.79. The summed E-state index contributed by atoms with van der Waals surface area (Å²) in [6, 6.07) is 7.02. The average Bonchev–Trinajstić information content (AvgIpc) is 2.86. The first kappa shape index (κ1) is 26.0. The van der Waals surface area contributed by atoms with Gasteiger partial charge in [-0.15, -0.1) is 0 Å². The van der Waals surface area contributed by atoms with Crippen LogP contribution in [0.15, 0.2) is 58.4 Å². The van der Waals surface area contributed by atoms with Crippen LogP contribution in [0.4, 0.5) is 21.6 Å². The van der Waals surface area contributed by atoms with Gasteiger partial charge in [0.15, 0.2) is 0 Å². The van der Waals surface area contributed by atoms with Gasteiger partial charge in [-0.3, -0.25) is 4.79 Å². The van der Waals surface area contributed by atoms with Crippen LogP contribution < -0.4 is 25.7 Å². The number of methoxy groups -OCH3 is 2. The van der Waals surface area contributed by atoms with E-state index in [9.17, 15) is 14.0 Å². The maximum absolute atomic E-state index is 14.0. The Labute approximate surface area is 220 Å². The molecule has 2 aromatic heterocycles. The molecule has 0 saturated carbocycles. The van der Waals surface area contributed by atoms with Gasteiger partial charge in [0.05, 0.1) is 41.2 Å². The fourth-order valence-electron chi connectivity index (χ4n) is 3.70. The molecule has 2 aromatic carbocycles. The van der Waals surface area contributed by atoms with Crippen LogP contribution in [0.3, 0.4) is 0 Å². The molecule has 4 aromatic rings. The molecule has 0 atom stereocenters. The number of pyridine rings is 1. The molecule has 0 radical (unpaired) electrons. The molecular formula is C26H20Cl2FN3O5. The molecule has 1 amide bonds.